The molecule has 2 aliphatic carbocycles. The molecule has 0 aliphatic heterocycles. The third kappa shape index (κ3) is 5.02. The van der Waals surface area contributed by atoms with Crippen molar-refractivity contribution < 1.29 is 9.59 Å². The van der Waals surface area contributed by atoms with E-state index in [4.69, 9.17) is 17.3 Å². The molecule has 0 spiro atoms. The van der Waals surface area contributed by atoms with Gasteiger partial charge in [-0.15, -0.1) is 0 Å². The highest BCUT2D eigenvalue weighted by molar-refractivity contribution is 6.31. The van der Waals surface area contributed by atoms with Crippen molar-refractivity contribution in [3.63, 3.8) is 0 Å². The van der Waals surface area contributed by atoms with Gasteiger partial charge in [0.05, 0.1) is 0 Å². The zero-order valence-electron chi connectivity index (χ0n) is 17.0. The predicted molar refractivity (Wildman–Crippen MR) is 119 cm³/mol. The minimum atomic E-state index is -0.000410. The molecule has 3 N–H and O–H groups in total. The lowest BCUT2D eigenvalue weighted by Gasteiger charge is -2.36. The van der Waals surface area contributed by atoms with Gasteiger partial charge < -0.3 is 16.0 Å². The minimum Gasteiger partial charge on any atom is -0.331 e. The summed E-state index contributed by atoms with van der Waals surface area (Å²) in [5, 5.41) is 3.57. The Morgan fingerprint density at radius 1 is 1.00 bits per heavy atom. The fraction of sp³-hybridized carbons (Fsp3) is 0.417. The summed E-state index contributed by atoms with van der Waals surface area (Å²) < 4.78 is 0. The number of halogens is 1. The van der Waals surface area contributed by atoms with Crippen LogP contribution < -0.4 is 11.1 Å². The van der Waals surface area contributed by atoms with Crippen LogP contribution >= 0.6 is 11.6 Å². The number of hydrogen-bond acceptors (Lipinski definition) is 3. The minimum absolute atomic E-state index is 0.000410. The molecule has 30 heavy (non-hydrogen) atoms. The van der Waals surface area contributed by atoms with E-state index in [0.717, 1.165) is 49.8 Å². The van der Waals surface area contributed by atoms with Crippen molar-refractivity contribution >= 4 is 29.1 Å². The average molecular weight is 426 g/mol. The fourth-order valence-corrected chi connectivity index (χ4v) is 4.25. The Morgan fingerprint density at radius 2 is 1.70 bits per heavy atom. The van der Waals surface area contributed by atoms with Crippen LogP contribution in [0.25, 0.3) is 0 Å². The molecular weight excluding hydrogens is 398 g/mol. The Bertz CT molecular complexity index is 906. The van der Waals surface area contributed by atoms with E-state index >= 15 is 0 Å². The van der Waals surface area contributed by atoms with E-state index in [-0.39, 0.29) is 29.8 Å². The summed E-state index contributed by atoms with van der Waals surface area (Å²) in [5.41, 5.74) is 8.32. The zero-order valence-corrected chi connectivity index (χ0v) is 17.8. The van der Waals surface area contributed by atoms with Gasteiger partial charge in [-0.25, -0.2) is 0 Å². The second-order valence-electron chi connectivity index (χ2n) is 8.44. The highest BCUT2D eigenvalue weighted by Gasteiger charge is 2.31. The Hall–Kier alpha value is -2.37. The summed E-state index contributed by atoms with van der Waals surface area (Å²) in [7, 11) is 0. The van der Waals surface area contributed by atoms with Crippen LogP contribution in [0.1, 0.15) is 54.4 Å². The lowest BCUT2D eigenvalue weighted by Crippen LogP contribution is -2.43. The number of nitrogens with two attached hydrogens (primary N) is 1. The lowest BCUT2D eigenvalue weighted by atomic mass is 9.90. The van der Waals surface area contributed by atoms with E-state index in [1.807, 2.05) is 47.4 Å². The first-order valence-corrected chi connectivity index (χ1v) is 11.1. The monoisotopic (exact) mass is 425 g/mol. The number of nitrogens with one attached hydrogen (secondary N) is 1. The van der Waals surface area contributed by atoms with Gasteiger partial charge in [0, 0.05) is 40.8 Å². The standard InChI is InChI=1S/C24H28ClN3O2/c25-22-13-10-20(27-23(29)16-6-7-16)14-18(22)15-28(21-11-8-19(26)9-12-21)24(30)17-4-2-1-3-5-17/h1-5,10,13-14,16,19,21H,6-9,11-12,15,26H2,(H,27,29). The van der Waals surface area contributed by atoms with Crippen LogP contribution in [0.3, 0.4) is 0 Å². The van der Waals surface area contributed by atoms with E-state index < -0.39 is 0 Å². The van der Waals surface area contributed by atoms with Crippen LogP contribution in [0.15, 0.2) is 48.5 Å². The number of carbonyl (C=O) groups is 2. The highest BCUT2D eigenvalue weighted by Crippen LogP contribution is 2.32. The molecule has 0 unspecified atom stereocenters. The van der Waals surface area contributed by atoms with Gasteiger partial charge in [-0.1, -0.05) is 29.8 Å². The van der Waals surface area contributed by atoms with Crippen molar-refractivity contribution in [3.05, 3.63) is 64.7 Å². The molecule has 0 atom stereocenters. The van der Waals surface area contributed by atoms with Crippen LogP contribution in [-0.4, -0.2) is 28.8 Å². The quantitative estimate of drug-likeness (QED) is 0.710. The van der Waals surface area contributed by atoms with Crippen LogP contribution in [-0.2, 0) is 11.3 Å². The predicted octanol–water partition coefficient (Wildman–Crippen LogP) is 4.60. The molecular formula is C24H28ClN3O2. The van der Waals surface area contributed by atoms with E-state index in [1.54, 1.807) is 6.07 Å². The first-order valence-electron chi connectivity index (χ1n) is 10.7. The van der Waals surface area contributed by atoms with Crippen LogP contribution in [0.2, 0.25) is 5.02 Å². The molecule has 0 radical (unpaired) electrons. The lowest BCUT2D eigenvalue weighted by molar-refractivity contribution is -0.117. The molecule has 0 bridgehead atoms. The van der Waals surface area contributed by atoms with Gasteiger partial charge in [-0.05, 0) is 74.4 Å². The van der Waals surface area contributed by atoms with Gasteiger partial charge in [-0.2, -0.15) is 0 Å². The Morgan fingerprint density at radius 3 is 2.37 bits per heavy atom. The summed E-state index contributed by atoms with van der Waals surface area (Å²) in [6.45, 7) is 0.402. The summed E-state index contributed by atoms with van der Waals surface area (Å²) in [5.74, 6) is 0.188. The van der Waals surface area contributed by atoms with Crippen molar-refractivity contribution in [3.8, 4) is 0 Å². The number of amides is 2. The van der Waals surface area contributed by atoms with Gasteiger partial charge in [0.1, 0.15) is 0 Å². The van der Waals surface area contributed by atoms with Gasteiger partial charge in [-0.3, -0.25) is 9.59 Å². The van der Waals surface area contributed by atoms with Crippen LogP contribution in [0.5, 0.6) is 0 Å². The van der Waals surface area contributed by atoms with E-state index in [0.29, 0.717) is 17.1 Å². The van der Waals surface area contributed by atoms with Crippen molar-refractivity contribution in [2.24, 2.45) is 11.7 Å². The first-order chi connectivity index (χ1) is 14.5. The Labute approximate surface area is 182 Å². The third-order valence-electron chi connectivity index (χ3n) is 6.07. The molecule has 2 aromatic carbocycles. The molecule has 0 heterocycles. The fourth-order valence-electron chi connectivity index (χ4n) is 4.07. The Kier molecular flexibility index (Phi) is 6.40. The third-order valence-corrected chi connectivity index (χ3v) is 6.43. The summed E-state index contributed by atoms with van der Waals surface area (Å²) >= 11 is 6.49. The number of anilines is 1. The maximum absolute atomic E-state index is 13.4. The molecule has 6 heteroatoms. The smallest absolute Gasteiger partial charge is 0.254 e. The number of benzene rings is 2. The largest absolute Gasteiger partial charge is 0.331 e. The number of carbonyl (C=O) groups excluding carboxylic acids is 2. The molecule has 2 fully saturated rings. The molecule has 2 amide bonds. The maximum atomic E-state index is 13.4. The second kappa shape index (κ2) is 9.19. The normalized spacial score (nSPS) is 21.1. The zero-order chi connectivity index (χ0) is 21.1. The van der Waals surface area contributed by atoms with Crippen molar-refractivity contribution in [1.82, 2.24) is 4.90 Å². The molecule has 4 rings (SSSR count). The first kappa shape index (κ1) is 20.9. The van der Waals surface area contributed by atoms with Crippen LogP contribution in [0.4, 0.5) is 5.69 Å². The molecule has 2 aromatic rings. The second-order valence-corrected chi connectivity index (χ2v) is 8.84. The molecule has 2 saturated carbocycles. The summed E-state index contributed by atoms with van der Waals surface area (Å²) in [4.78, 5) is 27.5. The molecule has 0 saturated heterocycles. The number of rotatable bonds is 6. The number of nitrogens with zero attached hydrogens (tertiary/aromatic N) is 1. The summed E-state index contributed by atoms with van der Waals surface area (Å²) in [6.07, 6.45) is 5.50. The maximum Gasteiger partial charge on any atom is 0.254 e. The van der Waals surface area contributed by atoms with Gasteiger partial charge >= 0.3 is 0 Å². The van der Waals surface area contributed by atoms with E-state index in [9.17, 15) is 9.59 Å². The van der Waals surface area contributed by atoms with Crippen LogP contribution in [0, 0.1) is 5.92 Å². The molecule has 2 aliphatic rings. The Balaban J connectivity index is 1.57. The molecule has 0 aromatic heterocycles. The highest BCUT2D eigenvalue weighted by atomic mass is 35.5. The van der Waals surface area contributed by atoms with Gasteiger partial charge in [0.15, 0.2) is 0 Å². The van der Waals surface area contributed by atoms with E-state index in [1.165, 1.54) is 0 Å². The average Bonchev–Trinajstić information content (AvgIpc) is 3.60. The SMILES string of the molecule is NC1CCC(N(Cc2cc(NC(=O)C3CC3)ccc2Cl)C(=O)c2ccccc2)CC1. The van der Waals surface area contributed by atoms with E-state index in [2.05, 4.69) is 5.32 Å². The van der Waals surface area contributed by atoms with Gasteiger partial charge in [0.25, 0.3) is 5.91 Å². The summed E-state index contributed by atoms with van der Waals surface area (Å²) in [6, 6.07) is 15.2. The topological polar surface area (TPSA) is 75.4 Å². The molecule has 158 valence electrons. The van der Waals surface area contributed by atoms with Crippen molar-refractivity contribution in [2.45, 2.75) is 57.2 Å². The van der Waals surface area contributed by atoms with Crippen molar-refractivity contribution in [1.29, 1.82) is 0 Å². The van der Waals surface area contributed by atoms with Crippen molar-refractivity contribution in [2.75, 3.05) is 5.32 Å². The van der Waals surface area contributed by atoms with Gasteiger partial charge in [0.2, 0.25) is 5.91 Å². The number of hydrogen-bond donors (Lipinski definition) is 2. The molecule has 5 nitrogen and oxygen atoms in total.